The average Bonchev–Trinajstić information content (AvgIpc) is 3.29. The summed E-state index contributed by atoms with van der Waals surface area (Å²) in [6, 6.07) is 21.6. The molecule has 4 atom stereocenters. The van der Waals surface area contributed by atoms with E-state index in [0.717, 1.165) is 16.7 Å². The predicted molar refractivity (Wildman–Crippen MR) is 161 cm³/mol. The molecule has 10 nitrogen and oxygen atoms in total. The number of carbonyl (C=O) groups excluding carboxylic acids is 2. The third-order valence-electron chi connectivity index (χ3n) is 7.44. The number of benzene rings is 3. The van der Waals surface area contributed by atoms with Crippen molar-refractivity contribution in [3.8, 4) is 0 Å². The molecule has 0 saturated heterocycles. The molecule has 43 heavy (non-hydrogen) atoms. The van der Waals surface area contributed by atoms with Crippen molar-refractivity contribution in [1.29, 1.82) is 0 Å². The van der Waals surface area contributed by atoms with Crippen LogP contribution in [0, 0.1) is 10.1 Å². The molecule has 0 aromatic heterocycles. The number of rotatable bonds is 11. The first kappa shape index (κ1) is 31.7. The number of nitro groups is 1. The van der Waals surface area contributed by atoms with Crippen molar-refractivity contribution in [2.45, 2.75) is 82.9 Å². The van der Waals surface area contributed by atoms with Crippen molar-refractivity contribution < 1.29 is 29.5 Å². The average molecular weight is 590 g/mol. The van der Waals surface area contributed by atoms with Crippen LogP contribution in [0.3, 0.4) is 0 Å². The molecular formula is C33H39N3O7. The van der Waals surface area contributed by atoms with E-state index >= 15 is 0 Å². The summed E-state index contributed by atoms with van der Waals surface area (Å²) in [6.07, 6.45) is -1.84. The molecule has 1 aliphatic rings. The number of nitrogens with one attached hydrogen (secondary N) is 1. The number of amides is 2. The van der Waals surface area contributed by atoms with Crippen LogP contribution < -0.4 is 5.32 Å². The normalized spacial score (nSPS) is 17.4. The summed E-state index contributed by atoms with van der Waals surface area (Å²) in [6.45, 7) is 5.38. The lowest BCUT2D eigenvalue weighted by Gasteiger charge is -2.33. The van der Waals surface area contributed by atoms with E-state index in [1.54, 1.807) is 37.8 Å². The first-order valence-corrected chi connectivity index (χ1v) is 14.4. The highest BCUT2D eigenvalue weighted by Crippen LogP contribution is 2.37. The van der Waals surface area contributed by atoms with Crippen LogP contribution in [-0.2, 0) is 28.9 Å². The van der Waals surface area contributed by atoms with Crippen molar-refractivity contribution >= 4 is 17.7 Å². The molecule has 3 aromatic rings. The summed E-state index contributed by atoms with van der Waals surface area (Å²) in [4.78, 5) is 38.7. The predicted octanol–water partition coefficient (Wildman–Crippen LogP) is 4.86. The van der Waals surface area contributed by atoms with Crippen LogP contribution in [0.25, 0.3) is 0 Å². The maximum absolute atomic E-state index is 13.8. The number of alkyl carbamates (subject to hydrolysis) is 1. The number of aliphatic hydroxyl groups excluding tert-OH is 2. The van der Waals surface area contributed by atoms with Crippen LogP contribution in [0.15, 0.2) is 78.9 Å². The van der Waals surface area contributed by atoms with Gasteiger partial charge >= 0.3 is 6.09 Å². The second-order valence-corrected chi connectivity index (χ2v) is 11.9. The number of fused-ring (bicyclic) bond motifs is 1. The monoisotopic (exact) mass is 589 g/mol. The fraction of sp³-hybridized carbons (Fsp3) is 0.394. The number of aliphatic hydroxyl groups is 2. The number of nitro benzene ring substituents is 1. The Kier molecular flexibility index (Phi) is 10.2. The zero-order valence-electron chi connectivity index (χ0n) is 24.7. The molecule has 3 aromatic carbocycles. The van der Waals surface area contributed by atoms with Gasteiger partial charge in [0.05, 0.1) is 29.2 Å². The third kappa shape index (κ3) is 8.62. The summed E-state index contributed by atoms with van der Waals surface area (Å²) < 4.78 is 5.42. The zero-order valence-corrected chi connectivity index (χ0v) is 24.7. The molecule has 0 bridgehead atoms. The Morgan fingerprint density at radius 3 is 2.33 bits per heavy atom. The number of ether oxygens (including phenoxy) is 1. The summed E-state index contributed by atoms with van der Waals surface area (Å²) in [5.41, 5.74) is 2.59. The van der Waals surface area contributed by atoms with Gasteiger partial charge in [0.1, 0.15) is 5.60 Å². The van der Waals surface area contributed by atoms with Gasteiger partial charge in [0.2, 0.25) is 5.91 Å². The Hall–Kier alpha value is -4.28. The molecule has 0 fully saturated rings. The van der Waals surface area contributed by atoms with Crippen molar-refractivity contribution in [3.05, 3.63) is 111 Å². The van der Waals surface area contributed by atoms with Crippen LogP contribution in [0.4, 0.5) is 10.5 Å². The summed E-state index contributed by atoms with van der Waals surface area (Å²) >= 11 is 0. The number of nitrogens with zero attached hydrogens (tertiary/aromatic N) is 2. The molecule has 0 aliphatic heterocycles. The lowest BCUT2D eigenvalue weighted by atomic mass is 9.97. The fourth-order valence-corrected chi connectivity index (χ4v) is 5.42. The Bertz CT molecular complexity index is 1410. The quantitative estimate of drug-likeness (QED) is 0.214. The van der Waals surface area contributed by atoms with E-state index in [4.69, 9.17) is 4.74 Å². The highest BCUT2D eigenvalue weighted by Gasteiger charge is 2.38. The lowest BCUT2D eigenvalue weighted by molar-refractivity contribution is -0.384. The molecule has 2 amide bonds. The van der Waals surface area contributed by atoms with Crippen LogP contribution >= 0.6 is 0 Å². The minimum atomic E-state index is -1.07. The molecule has 3 N–H and O–H groups in total. The van der Waals surface area contributed by atoms with Crippen LogP contribution in [0.1, 0.15) is 61.9 Å². The number of hydrogen-bond acceptors (Lipinski definition) is 7. The van der Waals surface area contributed by atoms with E-state index in [-0.39, 0.29) is 31.0 Å². The summed E-state index contributed by atoms with van der Waals surface area (Å²) in [5.74, 6) is -0.297. The molecule has 4 rings (SSSR count). The number of hydrogen-bond donors (Lipinski definition) is 3. The second kappa shape index (κ2) is 13.8. The Morgan fingerprint density at radius 2 is 1.67 bits per heavy atom. The van der Waals surface area contributed by atoms with Gasteiger partial charge in [0.15, 0.2) is 0 Å². The molecule has 0 radical (unpaired) electrons. The van der Waals surface area contributed by atoms with Gasteiger partial charge < -0.3 is 25.2 Å². The summed E-state index contributed by atoms with van der Waals surface area (Å²) in [7, 11) is 0. The topological polar surface area (TPSA) is 142 Å². The molecule has 10 heteroatoms. The first-order chi connectivity index (χ1) is 20.4. The highest BCUT2D eigenvalue weighted by atomic mass is 16.6. The van der Waals surface area contributed by atoms with Crippen LogP contribution in [0.5, 0.6) is 0 Å². The van der Waals surface area contributed by atoms with E-state index < -0.39 is 40.9 Å². The van der Waals surface area contributed by atoms with E-state index in [2.05, 4.69) is 5.32 Å². The standard InChI is InChI=1S/C33H39N3O7/c1-33(2,3)43-32(40)34-27(19-22-9-5-4-6-10-22)28(37)17-18-30(39)35(21-23-13-15-25(16-14-23)36(41)42)31-26-12-8-7-11-24(26)20-29(31)38/h4-16,27-29,31,37-38H,17-21H2,1-3H3,(H,34,40)/t27?,28-,29+,31-/m0/s1. The Balaban J connectivity index is 1.53. The second-order valence-electron chi connectivity index (χ2n) is 11.9. The van der Waals surface area contributed by atoms with E-state index in [9.17, 15) is 29.9 Å². The molecule has 0 saturated carbocycles. The molecule has 1 aliphatic carbocycles. The SMILES string of the molecule is CC(C)(C)OC(=O)NC(Cc1ccccc1)[C@@H](O)CCC(=O)N(Cc1ccc([N+](=O)[O-])cc1)[C@H]1c2ccccc2C[C@H]1O. The van der Waals surface area contributed by atoms with Crippen LogP contribution in [0.2, 0.25) is 0 Å². The fourth-order valence-electron chi connectivity index (χ4n) is 5.42. The van der Waals surface area contributed by atoms with Crippen molar-refractivity contribution in [2.75, 3.05) is 0 Å². The van der Waals surface area contributed by atoms with Crippen molar-refractivity contribution in [1.82, 2.24) is 10.2 Å². The van der Waals surface area contributed by atoms with Gasteiger partial charge in [0.25, 0.3) is 5.69 Å². The zero-order chi connectivity index (χ0) is 31.1. The van der Waals surface area contributed by atoms with E-state index in [0.29, 0.717) is 18.4 Å². The van der Waals surface area contributed by atoms with E-state index in [1.165, 1.54) is 12.1 Å². The first-order valence-electron chi connectivity index (χ1n) is 14.4. The van der Waals surface area contributed by atoms with E-state index in [1.807, 2.05) is 54.6 Å². The van der Waals surface area contributed by atoms with Crippen molar-refractivity contribution in [2.24, 2.45) is 0 Å². The maximum atomic E-state index is 13.8. The molecule has 228 valence electrons. The Morgan fingerprint density at radius 1 is 1.02 bits per heavy atom. The smallest absolute Gasteiger partial charge is 0.407 e. The van der Waals surface area contributed by atoms with Gasteiger partial charge in [0, 0.05) is 31.5 Å². The molecule has 0 heterocycles. The van der Waals surface area contributed by atoms with Gasteiger partial charge in [-0.15, -0.1) is 0 Å². The van der Waals surface area contributed by atoms with Gasteiger partial charge in [-0.3, -0.25) is 14.9 Å². The van der Waals surface area contributed by atoms with Gasteiger partial charge in [-0.25, -0.2) is 4.79 Å². The number of carbonyl (C=O) groups is 2. The van der Waals surface area contributed by atoms with Crippen LogP contribution in [-0.4, -0.2) is 55.9 Å². The maximum Gasteiger partial charge on any atom is 0.407 e. The largest absolute Gasteiger partial charge is 0.444 e. The van der Waals surface area contributed by atoms with Gasteiger partial charge in [-0.2, -0.15) is 0 Å². The summed E-state index contributed by atoms with van der Waals surface area (Å²) in [5, 5.41) is 36.2. The molecule has 0 spiro atoms. The minimum Gasteiger partial charge on any atom is -0.444 e. The lowest BCUT2D eigenvalue weighted by Crippen LogP contribution is -2.47. The van der Waals surface area contributed by atoms with Crippen molar-refractivity contribution in [3.63, 3.8) is 0 Å². The Labute approximate surface area is 251 Å². The third-order valence-corrected chi connectivity index (χ3v) is 7.44. The number of non-ortho nitro benzene ring substituents is 1. The van der Waals surface area contributed by atoms with Gasteiger partial charge in [-0.1, -0.05) is 66.7 Å². The molecular weight excluding hydrogens is 550 g/mol. The molecule has 1 unspecified atom stereocenters. The van der Waals surface area contributed by atoms with Gasteiger partial charge in [-0.05, 0) is 55.9 Å². The highest BCUT2D eigenvalue weighted by molar-refractivity contribution is 5.77. The minimum absolute atomic E-state index is 0.0490.